The summed E-state index contributed by atoms with van der Waals surface area (Å²) < 4.78 is 27.4. The number of rotatable bonds is 5. The van der Waals surface area contributed by atoms with Gasteiger partial charge in [0.25, 0.3) is 0 Å². The Morgan fingerprint density at radius 3 is 2.20 bits per heavy atom. The van der Waals surface area contributed by atoms with Gasteiger partial charge in [-0.15, -0.1) is 0 Å². The van der Waals surface area contributed by atoms with Gasteiger partial charge in [0.15, 0.2) is 0 Å². The van der Waals surface area contributed by atoms with Crippen molar-refractivity contribution in [3.8, 4) is 0 Å². The molecule has 1 aliphatic carbocycles. The molecule has 1 fully saturated rings. The number of nitrogens with zero attached hydrogens (tertiary/aromatic N) is 1. The molecule has 2 aromatic rings. The van der Waals surface area contributed by atoms with E-state index in [4.69, 9.17) is 0 Å². The molecule has 25 heavy (non-hydrogen) atoms. The van der Waals surface area contributed by atoms with Gasteiger partial charge in [-0.05, 0) is 30.5 Å². The van der Waals surface area contributed by atoms with Gasteiger partial charge in [-0.2, -0.15) is 0 Å². The molecule has 6 heteroatoms. The number of nitrogens with one attached hydrogen (secondary N) is 1. The van der Waals surface area contributed by atoms with Gasteiger partial charge in [0, 0.05) is 13.6 Å². The van der Waals surface area contributed by atoms with Gasteiger partial charge in [-0.3, -0.25) is 9.59 Å². The van der Waals surface area contributed by atoms with Crippen LogP contribution in [0.5, 0.6) is 0 Å². The topological polar surface area (TPSA) is 49.4 Å². The molecule has 0 unspecified atom stereocenters. The van der Waals surface area contributed by atoms with Crippen LogP contribution in [0.15, 0.2) is 48.5 Å². The lowest BCUT2D eigenvalue weighted by Crippen LogP contribution is -2.41. The SMILES string of the molecule is CN(Cc1ccccc1)C(=O)C1(C(=O)Nc2c(F)cccc2F)CC1. The summed E-state index contributed by atoms with van der Waals surface area (Å²) in [6.45, 7) is 0.364. The van der Waals surface area contributed by atoms with Gasteiger partial charge in [-0.25, -0.2) is 8.78 Å². The zero-order chi connectivity index (χ0) is 18.0. The maximum atomic E-state index is 13.7. The predicted octanol–water partition coefficient (Wildman–Crippen LogP) is 3.34. The van der Waals surface area contributed by atoms with Crippen LogP contribution in [0.25, 0.3) is 0 Å². The van der Waals surface area contributed by atoms with Crippen molar-refractivity contribution in [2.45, 2.75) is 19.4 Å². The lowest BCUT2D eigenvalue weighted by Gasteiger charge is -2.23. The predicted molar refractivity (Wildman–Crippen MR) is 89.6 cm³/mol. The molecular weight excluding hydrogens is 326 g/mol. The van der Waals surface area contributed by atoms with Crippen LogP contribution in [0.1, 0.15) is 18.4 Å². The largest absolute Gasteiger partial charge is 0.340 e. The van der Waals surface area contributed by atoms with E-state index < -0.39 is 28.6 Å². The Labute approximate surface area is 144 Å². The van der Waals surface area contributed by atoms with E-state index in [1.54, 1.807) is 7.05 Å². The highest BCUT2D eigenvalue weighted by Gasteiger charge is 2.57. The Kier molecular flexibility index (Phi) is 4.53. The van der Waals surface area contributed by atoms with E-state index in [2.05, 4.69) is 5.32 Å². The third kappa shape index (κ3) is 3.38. The molecule has 0 aromatic heterocycles. The van der Waals surface area contributed by atoms with Crippen molar-refractivity contribution in [1.82, 2.24) is 4.90 Å². The molecule has 0 saturated heterocycles. The van der Waals surface area contributed by atoms with E-state index in [0.717, 1.165) is 17.7 Å². The van der Waals surface area contributed by atoms with Crippen LogP contribution >= 0.6 is 0 Å². The minimum atomic E-state index is -1.24. The van der Waals surface area contributed by atoms with E-state index in [1.807, 2.05) is 30.3 Å². The molecule has 130 valence electrons. The molecule has 0 atom stereocenters. The van der Waals surface area contributed by atoms with Crippen molar-refractivity contribution < 1.29 is 18.4 Å². The normalized spacial score (nSPS) is 14.7. The number of halogens is 2. The molecule has 1 N–H and O–H groups in total. The van der Waals surface area contributed by atoms with Gasteiger partial charge < -0.3 is 10.2 Å². The number of hydrogen-bond acceptors (Lipinski definition) is 2. The Hall–Kier alpha value is -2.76. The number of hydrogen-bond donors (Lipinski definition) is 1. The maximum Gasteiger partial charge on any atom is 0.240 e. The van der Waals surface area contributed by atoms with Crippen LogP contribution in [-0.2, 0) is 16.1 Å². The van der Waals surface area contributed by atoms with Gasteiger partial charge in [0.2, 0.25) is 11.8 Å². The van der Waals surface area contributed by atoms with Crippen LogP contribution < -0.4 is 5.32 Å². The Balaban J connectivity index is 1.72. The summed E-state index contributed by atoms with van der Waals surface area (Å²) in [7, 11) is 1.62. The Morgan fingerprint density at radius 1 is 1.04 bits per heavy atom. The summed E-state index contributed by atoms with van der Waals surface area (Å²) in [6, 6.07) is 12.7. The van der Waals surface area contributed by atoms with Crippen molar-refractivity contribution in [2.24, 2.45) is 5.41 Å². The quantitative estimate of drug-likeness (QED) is 0.846. The fourth-order valence-corrected chi connectivity index (χ4v) is 2.81. The van der Waals surface area contributed by atoms with E-state index in [-0.39, 0.29) is 5.91 Å². The average Bonchev–Trinajstić information content (AvgIpc) is 3.40. The van der Waals surface area contributed by atoms with E-state index >= 15 is 0 Å². The molecule has 3 rings (SSSR count). The molecule has 1 aliphatic rings. The number of para-hydroxylation sites is 1. The Bertz CT molecular complexity index is 784. The summed E-state index contributed by atoms with van der Waals surface area (Å²) in [5.41, 5.74) is -0.815. The molecule has 4 nitrogen and oxygen atoms in total. The van der Waals surface area contributed by atoms with Crippen LogP contribution in [0.2, 0.25) is 0 Å². The van der Waals surface area contributed by atoms with Crippen LogP contribution in [0, 0.1) is 17.0 Å². The van der Waals surface area contributed by atoms with Crippen molar-refractivity contribution in [1.29, 1.82) is 0 Å². The molecule has 2 aromatic carbocycles. The number of carbonyl (C=O) groups is 2. The zero-order valence-corrected chi connectivity index (χ0v) is 13.8. The first-order valence-corrected chi connectivity index (χ1v) is 7.99. The van der Waals surface area contributed by atoms with Crippen LogP contribution in [-0.4, -0.2) is 23.8 Å². The van der Waals surface area contributed by atoms with Crippen molar-refractivity contribution in [3.63, 3.8) is 0 Å². The molecular formula is C19H18F2N2O2. The lowest BCUT2D eigenvalue weighted by atomic mass is 10.0. The molecule has 0 aliphatic heterocycles. The summed E-state index contributed by atoms with van der Waals surface area (Å²) in [5.74, 6) is -2.74. The third-order valence-corrected chi connectivity index (χ3v) is 4.40. The van der Waals surface area contributed by atoms with Crippen molar-refractivity contribution in [3.05, 3.63) is 65.7 Å². The van der Waals surface area contributed by atoms with Gasteiger partial charge in [0.1, 0.15) is 22.7 Å². The highest BCUT2D eigenvalue weighted by Crippen LogP contribution is 2.48. The lowest BCUT2D eigenvalue weighted by molar-refractivity contribution is -0.141. The van der Waals surface area contributed by atoms with Crippen molar-refractivity contribution in [2.75, 3.05) is 12.4 Å². The van der Waals surface area contributed by atoms with Crippen LogP contribution in [0.4, 0.5) is 14.5 Å². The van der Waals surface area contributed by atoms with Crippen LogP contribution in [0.3, 0.4) is 0 Å². The maximum absolute atomic E-state index is 13.7. The zero-order valence-electron chi connectivity index (χ0n) is 13.8. The molecule has 0 bridgehead atoms. The summed E-state index contributed by atoms with van der Waals surface area (Å²) in [5, 5.41) is 2.24. The van der Waals surface area contributed by atoms with E-state index in [0.29, 0.717) is 19.4 Å². The monoisotopic (exact) mass is 344 g/mol. The summed E-state index contributed by atoms with van der Waals surface area (Å²) >= 11 is 0. The average molecular weight is 344 g/mol. The number of amides is 2. The number of carbonyl (C=O) groups excluding carboxylic acids is 2. The van der Waals surface area contributed by atoms with Gasteiger partial charge in [-0.1, -0.05) is 36.4 Å². The third-order valence-electron chi connectivity index (χ3n) is 4.40. The van der Waals surface area contributed by atoms with Gasteiger partial charge >= 0.3 is 0 Å². The first kappa shape index (κ1) is 17.1. The first-order valence-electron chi connectivity index (χ1n) is 7.99. The minimum absolute atomic E-state index is 0.342. The number of anilines is 1. The standard InChI is InChI=1S/C19H18F2N2O2/c1-23(12-13-6-3-2-4-7-13)18(25)19(10-11-19)17(24)22-16-14(20)8-5-9-15(16)21/h2-9H,10-12H2,1H3,(H,22,24). The number of benzene rings is 2. The molecule has 0 radical (unpaired) electrons. The minimum Gasteiger partial charge on any atom is -0.340 e. The second kappa shape index (κ2) is 6.63. The van der Waals surface area contributed by atoms with Crippen molar-refractivity contribution >= 4 is 17.5 Å². The Morgan fingerprint density at radius 2 is 1.64 bits per heavy atom. The highest BCUT2D eigenvalue weighted by molar-refractivity contribution is 6.13. The second-order valence-corrected chi connectivity index (χ2v) is 6.28. The highest BCUT2D eigenvalue weighted by atomic mass is 19.1. The smallest absolute Gasteiger partial charge is 0.240 e. The van der Waals surface area contributed by atoms with E-state index in [9.17, 15) is 18.4 Å². The molecule has 1 saturated carbocycles. The molecule has 0 spiro atoms. The summed E-state index contributed by atoms with van der Waals surface area (Å²) in [4.78, 5) is 26.7. The van der Waals surface area contributed by atoms with E-state index in [1.165, 1.54) is 11.0 Å². The molecule has 0 heterocycles. The van der Waals surface area contributed by atoms with Gasteiger partial charge in [0.05, 0.1) is 0 Å². The fourth-order valence-electron chi connectivity index (χ4n) is 2.81. The summed E-state index contributed by atoms with van der Waals surface area (Å²) in [6.07, 6.45) is 0.736. The first-order chi connectivity index (χ1) is 11.9. The molecule has 2 amide bonds. The fraction of sp³-hybridized carbons (Fsp3) is 0.263. The second-order valence-electron chi connectivity index (χ2n) is 6.28.